The van der Waals surface area contributed by atoms with E-state index in [0.717, 1.165) is 18.4 Å². The molecule has 12 nitrogen and oxygen atoms in total. The summed E-state index contributed by atoms with van der Waals surface area (Å²) in [6.45, 7) is 14.1. The quantitative estimate of drug-likeness (QED) is 0.168. The lowest BCUT2D eigenvalue weighted by Crippen LogP contribution is -2.60. The maximum Gasteiger partial charge on any atom is 0.311 e. The van der Waals surface area contributed by atoms with Crippen molar-refractivity contribution in [1.82, 2.24) is 20.0 Å². The third kappa shape index (κ3) is 12.8. The number of hydrogen-bond acceptors (Lipinski definition) is 9. The highest BCUT2D eigenvalue weighted by molar-refractivity contribution is 5.90. The van der Waals surface area contributed by atoms with E-state index in [-0.39, 0.29) is 54.5 Å². The van der Waals surface area contributed by atoms with Gasteiger partial charge in [0.1, 0.15) is 12.6 Å². The summed E-state index contributed by atoms with van der Waals surface area (Å²) < 4.78 is 17.4. The van der Waals surface area contributed by atoms with Crippen molar-refractivity contribution >= 4 is 23.7 Å². The zero-order valence-corrected chi connectivity index (χ0v) is 34.5. The van der Waals surface area contributed by atoms with Gasteiger partial charge in [-0.3, -0.25) is 24.1 Å². The van der Waals surface area contributed by atoms with Gasteiger partial charge in [0.05, 0.1) is 48.8 Å². The van der Waals surface area contributed by atoms with Gasteiger partial charge in [0, 0.05) is 34.2 Å². The van der Waals surface area contributed by atoms with Gasteiger partial charge in [0.2, 0.25) is 17.7 Å². The number of aliphatic hydroxyl groups is 1. The summed E-state index contributed by atoms with van der Waals surface area (Å²) in [4.78, 5) is 60.5. The molecule has 0 aromatic heterocycles. The second kappa shape index (κ2) is 22.4. The zero-order chi connectivity index (χ0) is 40.0. The Morgan fingerprint density at radius 3 is 2.09 bits per heavy atom. The normalized spacial score (nSPS) is 19.8. The van der Waals surface area contributed by atoms with Crippen LogP contribution in [-0.2, 0) is 39.8 Å². The summed E-state index contributed by atoms with van der Waals surface area (Å²) in [5, 5.41) is 13.6. The number of methoxy groups -OCH3 is 2. The highest BCUT2D eigenvalue weighted by atomic mass is 16.5. The number of nitrogens with zero attached hydrogens (tertiary/aromatic N) is 3. The number of ether oxygens (including phenoxy) is 3. The van der Waals surface area contributed by atoms with Crippen molar-refractivity contribution in [3.63, 3.8) is 0 Å². The first-order valence-electron chi connectivity index (χ1n) is 19.5. The SMILES string of the molecule is CCC(C)C(NC(=O)C(C(C)C)N(C)C)C(=O)N(C)C(C(C)CC)C(CC(=O)N1CCCC1C(OC)C(C)C(=O)OCC(O)Cc1ccccc1)OC. The lowest BCUT2D eigenvalue weighted by Gasteiger charge is -2.41. The van der Waals surface area contributed by atoms with Crippen LogP contribution < -0.4 is 5.32 Å². The van der Waals surface area contributed by atoms with Crippen LogP contribution in [0, 0.1) is 23.7 Å². The average molecular weight is 747 g/mol. The molecule has 12 heteroatoms. The summed E-state index contributed by atoms with van der Waals surface area (Å²) >= 11 is 0. The van der Waals surface area contributed by atoms with Crippen LogP contribution in [0.25, 0.3) is 0 Å². The summed E-state index contributed by atoms with van der Waals surface area (Å²) in [5.41, 5.74) is 0.946. The second-order valence-corrected chi connectivity index (χ2v) is 15.6. The number of likely N-dealkylation sites (N-methyl/N-ethyl adjacent to an activating group) is 2. The average Bonchev–Trinajstić information content (AvgIpc) is 3.61. The summed E-state index contributed by atoms with van der Waals surface area (Å²) in [6.07, 6.45) is 1.14. The molecule has 302 valence electrons. The number of hydrogen-bond donors (Lipinski definition) is 2. The van der Waals surface area contributed by atoms with Crippen molar-refractivity contribution in [1.29, 1.82) is 0 Å². The van der Waals surface area contributed by atoms with Gasteiger partial charge in [-0.2, -0.15) is 0 Å². The van der Waals surface area contributed by atoms with Crippen LogP contribution >= 0.6 is 0 Å². The predicted molar refractivity (Wildman–Crippen MR) is 207 cm³/mol. The molecule has 1 aliphatic rings. The Balaban J connectivity index is 2.23. The number of aliphatic hydroxyl groups excluding tert-OH is 1. The maximum absolute atomic E-state index is 14.3. The molecule has 10 unspecified atom stereocenters. The van der Waals surface area contributed by atoms with Crippen LogP contribution in [0.5, 0.6) is 0 Å². The van der Waals surface area contributed by atoms with Crippen LogP contribution in [0.4, 0.5) is 0 Å². The van der Waals surface area contributed by atoms with Crippen LogP contribution in [0.3, 0.4) is 0 Å². The highest BCUT2D eigenvalue weighted by Gasteiger charge is 2.43. The van der Waals surface area contributed by atoms with E-state index in [1.807, 2.05) is 90.9 Å². The van der Waals surface area contributed by atoms with Gasteiger partial charge in [0.25, 0.3) is 0 Å². The van der Waals surface area contributed by atoms with Gasteiger partial charge in [-0.1, -0.05) is 84.7 Å². The fraction of sp³-hybridized carbons (Fsp3) is 0.756. The molecule has 2 N–H and O–H groups in total. The second-order valence-electron chi connectivity index (χ2n) is 15.6. The molecular formula is C41H70N4O8. The van der Waals surface area contributed by atoms with E-state index in [2.05, 4.69) is 5.32 Å². The largest absolute Gasteiger partial charge is 0.463 e. The van der Waals surface area contributed by atoms with Crippen molar-refractivity contribution in [2.45, 2.75) is 129 Å². The Hall–Kier alpha value is -3.06. The van der Waals surface area contributed by atoms with E-state index >= 15 is 0 Å². The minimum Gasteiger partial charge on any atom is -0.463 e. The number of carbonyl (C=O) groups is 4. The monoisotopic (exact) mass is 747 g/mol. The first-order chi connectivity index (χ1) is 25.0. The number of amides is 3. The van der Waals surface area contributed by atoms with Gasteiger partial charge in [0.15, 0.2) is 0 Å². The molecule has 1 aromatic rings. The van der Waals surface area contributed by atoms with Crippen LogP contribution in [0.2, 0.25) is 0 Å². The third-order valence-corrected chi connectivity index (χ3v) is 11.2. The number of nitrogens with one attached hydrogen (secondary N) is 1. The molecule has 0 radical (unpaired) electrons. The molecule has 2 rings (SSSR count). The smallest absolute Gasteiger partial charge is 0.311 e. The van der Waals surface area contributed by atoms with E-state index in [9.17, 15) is 24.3 Å². The first kappa shape index (κ1) is 46.1. The predicted octanol–water partition coefficient (Wildman–Crippen LogP) is 4.17. The number of esters is 1. The zero-order valence-electron chi connectivity index (χ0n) is 34.5. The summed E-state index contributed by atoms with van der Waals surface area (Å²) in [5.74, 6) is -1.83. The third-order valence-electron chi connectivity index (χ3n) is 11.2. The highest BCUT2D eigenvalue weighted by Crippen LogP contribution is 2.30. The molecular weight excluding hydrogens is 676 g/mol. The Labute approximate surface area is 319 Å². The van der Waals surface area contributed by atoms with Crippen molar-refractivity contribution in [2.24, 2.45) is 23.7 Å². The standard InChI is InChI=1S/C41H70N4O8/c1-13-27(5)35(42-39(48)36(26(3)4)43(8)9)40(49)44(10)37(28(6)14-2)33(51-11)24-34(47)45-22-18-21-32(45)38(52-12)29(7)41(50)53-25-31(46)23-30-19-16-15-17-20-30/h15-17,19-20,26-29,31-33,35-38,46H,13-14,18,21-25H2,1-12H3,(H,42,48). The van der Waals surface area contributed by atoms with E-state index in [4.69, 9.17) is 14.2 Å². The minimum absolute atomic E-state index is 0.0201. The fourth-order valence-corrected chi connectivity index (χ4v) is 7.82. The lowest BCUT2D eigenvalue weighted by molar-refractivity contribution is -0.159. The molecule has 1 heterocycles. The van der Waals surface area contributed by atoms with Gasteiger partial charge < -0.3 is 34.4 Å². The van der Waals surface area contributed by atoms with Crippen LogP contribution in [0.1, 0.15) is 86.1 Å². The van der Waals surface area contributed by atoms with Gasteiger partial charge in [-0.25, -0.2) is 0 Å². The van der Waals surface area contributed by atoms with Crippen LogP contribution in [0.15, 0.2) is 30.3 Å². The van der Waals surface area contributed by atoms with Crippen molar-refractivity contribution in [2.75, 3.05) is 48.5 Å². The van der Waals surface area contributed by atoms with Crippen molar-refractivity contribution in [3.8, 4) is 0 Å². The van der Waals surface area contributed by atoms with Crippen molar-refractivity contribution < 1.29 is 38.5 Å². The molecule has 10 atom stereocenters. The Kier molecular flexibility index (Phi) is 19.4. The Morgan fingerprint density at radius 1 is 0.943 bits per heavy atom. The molecule has 1 saturated heterocycles. The fourth-order valence-electron chi connectivity index (χ4n) is 7.82. The van der Waals surface area contributed by atoms with E-state index in [1.165, 1.54) is 7.11 Å². The van der Waals surface area contributed by atoms with E-state index in [1.54, 1.807) is 30.9 Å². The van der Waals surface area contributed by atoms with E-state index < -0.39 is 48.3 Å². The number of benzene rings is 1. The van der Waals surface area contributed by atoms with Crippen LogP contribution in [-0.4, -0.2) is 134 Å². The summed E-state index contributed by atoms with van der Waals surface area (Å²) in [7, 11) is 8.56. The first-order valence-corrected chi connectivity index (χ1v) is 19.5. The summed E-state index contributed by atoms with van der Waals surface area (Å²) in [6, 6.07) is 7.56. The number of rotatable bonds is 22. The number of carbonyl (C=O) groups excluding carboxylic acids is 4. The number of likely N-dealkylation sites (tertiary alicyclic amines) is 1. The Bertz CT molecular complexity index is 1270. The van der Waals surface area contributed by atoms with Crippen molar-refractivity contribution in [3.05, 3.63) is 35.9 Å². The molecule has 1 aromatic carbocycles. The van der Waals surface area contributed by atoms with Gasteiger partial charge in [-0.15, -0.1) is 0 Å². The topological polar surface area (TPSA) is 138 Å². The molecule has 1 aliphatic heterocycles. The Morgan fingerprint density at radius 2 is 1.57 bits per heavy atom. The molecule has 0 spiro atoms. The molecule has 53 heavy (non-hydrogen) atoms. The molecule has 1 fully saturated rings. The molecule has 0 bridgehead atoms. The van der Waals surface area contributed by atoms with E-state index in [0.29, 0.717) is 25.8 Å². The molecule has 3 amide bonds. The molecule has 0 aliphatic carbocycles. The minimum atomic E-state index is -0.847. The lowest BCUT2D eigenvalue weighted by atomic mass is 9.89. The molecule has 0 saturated carbocycles. The van der Waals surface area contributed by atoms with Gasteiger partial charge in [-0.05, 0) is 57.2 Å². The maximum atomic E-state index is 14.3. The van der Waals surface area contributed by atoms with Gasteiger partial charge >= 0.3 is 5.97 Å².